The fraction of sp³-hybridized carbons (Fsp3) is 0.700. The van der Waals surface area contributed by atoms with Crippen LogP contribution >= 0.6 is 11.5 Å². The van der Waals surface area contributed by atoms with E-state index in [1.807, 2.05) is 4.90 Å². The number of sulfone groups is 1. The lowest BCUT2D eigenvalue weighted by molar-refractivity contribution is 0.123. The Morgan fingerprint density at radius 2 is 2.00 bits per heavy atom. The van der Waals surface area contributed by atoms with Crippen molar-refractivity contribution in [3.05, 3.63) is 0 Å². The molecule has 18 heavy (non-hydrogen) atoms. The predicted molar refractivity (Wildman–Crippen MR) is 69.8 cm³/mol. The molecule has 1 aliphatic heterocycles. The minimum Gasteiger partial charge on any atom is -0.382 e. The third-order valence-electron chi connectivity index (χ3n) is 3.20. The summed E-state index contributed by atoms with van der Waals surface area (Å²) in [5.74, 6) is 0.147. The SMILES string of the molecule is Nc1nsc(N2CCOCC2)c1S(=O)(=O)C1CC1. The van der Waals surface area contributed by atoms with Crippen LogP contribution in [0.2, 0.25) is 0 Å². The third kappa shape index (κ3) is 1.98. The fourth-order valence-electron chi connectivity index (χ4n) is 2.07. The van der Waals surface area contributed by atoms with Gasteiger partial charge in [0.15, 0.2) is 15.7 Å². The second-order valence-electron chi connectivity index (χ2n) is 4.55. The van der Waals surface area contributed by atoms with Gasteiger partial charge in [0.2, 0.25) is 0 Å². The number of anilines is 2. The first-order chi connectivity index (χ1) is 8.60. The van der Waals surface area contributed by atoms with E-state index in [0.29, 0.717) is 31.3 Å². The second-order valence-corrected chi connectivity index (χ2v) is 7.46. The summed E-state index contributed by atoms with van der Waals surface area (Å²) in [6.45, 7) is 2.60. The number of rotatable bonds is 3. The Labute approximate surface area is 110 Å². The van der Waals surface area contributed by atoms with Crippen LogP contribution in [-0.2, 0) is 14.6 Å². The van der Waals surface area contributed by atoms with Crippen molar-refractivity contribution < 1.29 is 13.2 Å². The van der Waals surface area contributed by atoms with Crippen molar-refractivity contribution in [1.82, 2.24) is 4.37 Å². The molecule has 0 aromatic carbocycles. The molecule has 2 N–H and O–H groups in total. The van der Waals surface area contributed by atoms with Crippen LogP contribution in [0.5, 0.6) is 0 Å². The molecule has 8 heteroatoms. The highest BCUT2D eigenvalue weighted by atomic mass is 32.2. The van der Waals surface area contributed by atoms with Crippen molar-refractivity contribution in [3.8, 4) is 0 Å². The Morgan fingerprint density at radius 1 is 1.33 bits per heavy atom. The highest BCUT2D eigenvalue weighted by Crippen LogP contribution is 2.42. The number of nitrogens with two attached hydrogens (primary N) is 1. The van der Waals surface area contributed by atoms with Gasteiger partial charge in [-0.3, -0.25) is 0 Å². The van der Waals surface area contributed by atoms with Crippen molar-refractivity contribution in [3.63, 3.8) is 0 Å². The van der Waals surface area contributed by atoms with E-state index in [9.17, 15) is 8.42 Å². The first-order valence-corrected chi connectivity index (χ1v) is 8.24. The molecule has 0 radical (unpaired) electrons. The van der Waals surface area contributed by atoms with Crippen molar-refractivity contribution in [2.24, 2.45) is 0 Å². The minimum absolute atomic E-state index is 0.147. The maximum Gasteiger partial charge on any atom is 0.187 e. The van der Waals surface area contributed by atoms with Gasteiger partial charge >= 0.3 is 0 Å². The Hall–Kier alpha value is -0.860. The number of morpholine rings is 1. The number of aromatic nitrogens is 1. The molecule has 2 heterocycles. The van der Waals surface area contributed by atoms with Crippen molar-refractivity contribution in [2.45, 2.75) is 23.0 Å². The molecule has 1 aliphatic carbocycles. The summed E-state index contributed by atoms with van der Waals surface area (Å²) in [6, 6.07) is 0. The average Bonchev–Trinajstić information content (AvgIpc) is 3.14. The van der Waals surface area contributed by atoms with E-state index < -0.39 is 9.84 Å². The van der Waals surface area contributed by atoms with Crippen LogP contribution in [0.4, 0.5) is 10.8 Å². The Morgan fingerprint density at radius 3 is 2.61 bits per heavy atom. The maximum atomic E-state index is 12.4. The van der Waals surface area contributed by atoms with Gasteiger partial charge in [-0.2, -0.15) is 4.37 Å². The van der Waals surface area contributed by atoms with E-state index in [2.05, 4.69) is 4.37 Å². The summed E-state index contributed by atoms with van der Waals surface area (Å²) in [5, 5.41) is 0.429. The number of hydrogen-bond donors (Lipinski definition) is 1. The minimum atomic E-state index is -3.29. The number of nitrogen functional groups attached to an aromatic ring is 1. The zero-order valence-corrected chi connectivity index (χ0v) is 11.5. The molecule has 0 bridgehead atoms. The quantitative estimate of drug-likeness (QED) is 0.872. The molecule has 3 rings (SSSR count). The van der Waals surface area contributed by atoms with Crippen LogP contribution in [0, 0.1) is 0 Å². The highest BCUT2D eigenvalue weighted by Gasteiger charge is 2.41. The van der Waals surface area contributed by atoms with Gasteiger partial charge in [-0.25, -0.2) is 8.42 Å². The molecule has 1 saturated carbocycles. The van der Waals surface area contributed by atoms with Gasteiger partial charge in [-0.05, 0) is 24.4 Å². The Kier molecular flexibility index (Phi) is 2.95. The summed E-state index contributed by atoms with van der Waals surface area (Å²) >= 11 is 1.17. The molecule has 2 aliphatic rings. The molecule has 0 atom stereocenters. The van der Waals surface area contributed by atoms with E-state index in [4.69, 9.17) is 10.5 Å². The molecule has 100 valence electrons. The standard InChI is InChI=1S/C10H15N3O3S2/c11-9-8(18(14,15)7-1-2-7)10(17-12-9)13-3-5-16-6-4-13/h7H,1-6H2,(H2,11,12). The van der Waals surface area contributed by atoms with Gasteiger partial charge in [0.25, 0.3) is 0 Å². The van der Waals surface area contributed by atoms with Gasteiger partial charge in [0.1, 0.15) is 9.90 Å². The highest BCUT2D eigenvalue weighted by molar-refractivity contribution is 7.92. The zero-order chi connectivity index (χ0) is 12.8. The summed E-state index contributed by atoms with van der Waals surface area (Å²) < 4.78 is 34.0. The summed E-state index contributed by atoms with van der Waals surface area (Å²) in [5.41, 5.74) is 5.76. The molecular weight excluding hydrogens is 274 g/mol. The predicted octanol–water partition coefficient (Wildman–Crippen LogP) is 0.498. The fourth-order valence-corrected chi connectivity index (χ4v) is 5.14. The van der Waals surface area contributed by atoms with Crippen LogP contribution in [0.3, 0.4) is 0 Å². The van der Waals surface area contributed by atoms with E-state index in [1.54, 1.807) is 0 Å². The van der Waals surface area contributed by atoms with Crippen molar-refractivity contribution >= 4 is 32.2 Å². The van der Waals surface area contributed by atoms with Gasteiger partial charge < -0.3 is 15.4 Å². The Balaban J connectivity index is 2.00. The van der Waals surface area contributed by atoms with E-state index >= 15 is 0 Å². The summed E-state index contributed by atoms with van der Waals surface area (Å²) in [4.78, 5) is 2.25. The van der Waals surface area contributed by atoms with Crippen molar-refractivity contribution in [2.75, 3.05) is 36.9 Å². The lowest BCUT2D eigenvalue weighted by atomic mass is 10.4. The Bertz CT molecular complexity index is 545. The molecular formula is C10H15N3O3S2. The molecule has 2 fully saturated rings. The normalized spacial score (nSPS) is 21.2. The van der Waals surface area contributed by atoms with Gasteiger partial charge in [-0.15, -0.1) is 0 Å². The smallest absolute Gasteiger partial charge is 0.187 e. The van der Waals surface area contributed by atoms with Crippen LogP contribution in [0.25, 0.3) is 0 Å². The molecule has 0 amide bonds. The number of nitrogens with zero attached hydrogens (tertiary/aromatic N) is 2. The second kappa shape index (κ2) is 4.36. The zero-order valence-electron chi connectivity index (χ0n) is 9.83. The average molecular weight is 289 g/mol. The third-order valence-corrected chi connectivity index (χ3v) is 6.58. The summed E-state index contributed by atoms with van der Waals surface area (Å²) in [6.07, 6.45) is 1.47. The molecule has 0 unspecified atom stereocenters. The largest absolute Gasteiger partial charge is 0.382 e. The lowest BCUT2D eigenvalue weighted by Gasteiger charge is -2.27. The van der Waals surface area contributed by atoms with E-state index in [-0.39, 0.29) is 16.0 Å². The lowest BCUT2D eigenvalue weighted by Crippen LogP contribution is -2.36. The molecule has 1 saturated heterocycles. The number of hydrogen-bond acceptors (Lipinski definition) is 7. The van der Waals surface area contributed by atoms with Crippen LogP contribution in [0.15, 0.2) is 4.90 Å². The van der Waals surface area contributed by atoms with Gasteiger partial charge in [0, 0.05) is 13.1 Å². The van der Waals surface area contributed by atoms with Crippen LogP contribution < -0.4 is 10.6 Å². The molecule has 6 nitrogen and oxygen atoms in total. The van der Waals surface area contributed by atoms with E-state index in [1.165, 1.54) is 11.5 Å². The van der Waals surface area contributed by atoms with Gasteiger partial charge in [0.05, 0.1) is 18.5 Å². The van der Waals surface area contributed by atoms with Crippen LogP contribution in [0.1, 0.15) is 12.8 Å². The monoisotopic (exact) mass is 289 g/mol. The topological polar surface area (TPSA) is 85.5 Å². The molecule has 1 aromatic heterocycles. The first-order valence-electron chi connectivity index (χ1n) is 5.92. The first kappa shape index (κ1) is 12.2. The maximum absolute atomic E-state index is 12.4. The molecule has 1 aromatic rings. The molecule has 0 spiro atoms. The number of ether oxygens (including phenoxy) is 1. The van der Waals surface area contributed by atoms with Crippen LogP contribution in [-0.4, -0.2) is 44.3 Å². The van der Waals surface area contributed by atoms with Gasteiger partial charge in [-0.1, -0.05) is 0 Å². The van der Waals surface area contributed by atoms with E-state index in [0.717, 1.165) is 12.8 Å². The van der Waals surface area contributed by atoms with Crippen molar-refractivity contribution in [1.29, 1.82) is 0 Å². The summed E-state index contributed by atoms with van der Waals surface area (Å²) in [7, 11) is -3.29.